The van der Waals surface area contributed by atoms with Crippen molar-refractivity contribution >= 4 is 0 Å². The topological polar surface area (TPSA) is 60.4 Å². The molecule has 3 aliphatic heterocycles. The lowest BCUT2D eigenvalue weighted by molar-refractivity contribution is -0.236. The molecule has 0 radical (unpaired) electrons. The first-order chi connectivity index (χ1) is 11.6. The summed E-state index contributed by atoms with van der Waals surface area (Å²) < 4.78 is 22.6. The molecule has 1 saturated heterocycles. The Kier molecular flexibility index (Phi) is 2.90. The fourth-order valence-corrected chi connectivity index (χ4v) is 4.86. The molecule has 0 saturated carbocycles. The SMILES string of the molecule is CO[C@@H]1C=C[C@]23c4cc5c(cc4CO[C@@]2(O)CN(C)[C@@H]3C1)OCO5. The normalized spacial score (nSPS) is 39.5. The molecule has 1 spiro atoms. The zero-order valence-corrected chi connectivity index (χ0v) is 13.8. The smallest absolute Gasteiger partial charge is 0.231 e. The molecule has 6 nitrogen and oxygen atoms in total. The Labute approximate surface area is 140 Å². The summed E-state index contributed by atoms with van der Waals surface area (Å²) in [6, 6.07) is 4.10. The zero-order valence-electron chi connectivity index (χ0n) is 13.8. The third-order valence-corrected chi connectivity index (χ3v) is 6.01. The number of likely N-dealkylation sites (tertiary alicyclic amines) is 1. The number of hydrogen-bond donors (Lipinski definition) is 1. The van der Waals surface area contributed by atoms with Crippen molar-refractivity contribution in [2.24, 2.45) is 0 Å². The van der Waals surface area contributed by atoms with Crippen molar-refractivity contribution in [2.75, 3.05) is 27.5 Å². The first-order valence-electron chi connectivity index (χ1n) is 8.29. The van der Waals surface area contributed by atoms with Crippen LogP contribution < -0.4 is 9.47 Å². The molecule has 24 heavy (non-hydrogen) atoms. The molecule has 128 valence electrons. The van der Waals surface area contributed by atoms with Crippen molar-refractivity contribution in [1.29, 1.82) is 0 Å². The van der Waals surface area contributed by atoms with Crippen LogP contribution in [0.3, 0.4) is 0 Å². The third-order valence-electron chi connectivity index (χ3n) is 6.01. The van der Waals surface area contributed by atoms with Gasteiger partial charge in [0, 0.05) is 13.2 Å². The lowest BCUT2D eigenvalue weighted by atomic mass is 9.64. The van der Waals surface area contributed by atoms with Crippen LogP contribution in [0.1, 0.15) is 17.5 Å². The van der Waals surface area contributed by atoms with Gasteiger partial charge in [-0.25, -0.2) is 0 Å². The van der Waals surface area contributed by atoms with Gasteiger partial charge in [-0.2, -0.15) is 0 Å². The maximum Gasteiger partial charge on any atom is 0.231 e. The van der Waals surface area contributed by atoms with E-state index in [0.717, 1.165) is 29.0 Å². The number of aliphatic hydroxyl groups is 1. The van der Waals surface area contributed by atoms with Crippen LogP contribution in [0.4, 0.5) is 0 Å². The lowest BCUT2D eigenvalue weighted by Gasteiger charge is -2.49. The van der Waals surface area contributed by atoms with Crippen LogP contribution in [0.15, 0.2) is 24.3 Å². The Morgan fingerprint density at radius 3 is 2.88 bits per heavy atom. The number of likely N-dealkylation sites (N-methyl/N-ethyl adjacent to an activating group) is 1. The van der Waals surface area contributed by atoms with E-state index in [2.05, 4.69) is 11.0 Å². The first-order valence-corrected chi connectivity index (χ1v) is 8.29. The van der Waals surface area contributed by atoms with Crippen molar-refractivity contribution in [3.05, 3.63) is 35.4 Å². The predicted molar refractivity (Wildman–Crippen MR) is 85.0 cm³/mol. The van der Waals surface area contributed by atoms with Crippen molar-refractivity contribution in [2.45, 2.75) is 36.4 Å². The second-order valence-electron chi connectivity index (χ2n) is 7.10. The van der Waals surface area contributed by atoms with Gasteiger partial charge in [0.1, 0.15) is 0 Å². The minimum absolute atomic E-state index is 0.0461. The standard InChI is InChI=1S/C18H21NO5/c1-19-9-18(20)17(4-3-12(21-2)6-16(17)19)13-7-15-14(22-10-23-15)5-11(13)8-24-18/h3-5,7,12,16,20H,6,8-10H2,1-2H3/t12-,16-,17-,18+/m1/s1. The number of nitrogens with zero attached hydrogens (tertiary/aromatic N) is 1. The second-order valence-corrected chi connectivity index (χ2v) is 7.10. The van der Waals surface area contributed by atoms with E-state index in [9.17, 15) is 5.11 Å². The molecule has 6 heteroatoms. The highest BCUT2D eigenvalue weighted by Gasteiger charge is 2.66. The fraction of sp³-hybridized carbons (Fsp3) is 0.556. The number of ether oxygens (including phenoxy) is 4. The van der Waals surface area contributed by atoms with Gasteiger partial charge in [0.2, 0.25) is 6.79 Å². The maximum absolute atomic E-state index is 11.4. The Morgan fingerprint density at radius 2 is 2.08 bits per heavy atom. The molecule has 0 aromatic heterocycles. The number of β-amino-alcohol motifs (C(OH)–C–C–N with tert-alkyl or cyclic N) is 1. The van der Waals surface area contributed by atoms with E-state index < -0.39 is 11.2 Å². The van der Waals surface area contributed by atoms with E-state index >= 15 is 0 Å². The summed E-state index contributed by atoms with van der Waals surface area (Å²) in [5, 5.41) is 11.4. The van der Waals surface area contributed by atoms with E-state index in [1.54, 1.807) is 7.11 Å². The number of methoxy groups -OCH3 is 1. The van der Waals surface area contributed by atoms with Gasteiger partial charge in [-0.15, -0.1) is 0 Å². The second kappa shape index (κ2) is 4.73. The van der Waals surface area contributed by atoms with E-state index in [-0.39, 0.29) is 18.9 Å². The van der Waals surface area contributed by atoms with Gasteiger partial charge < -0.3 is 24.1 Å². The van der Waals surface area contributed by atoms with Gasteiger partial charge in [0.05, 0.1) is 24.7 Å². The first kappa shape index (κ1) is 14.7. The molecule has 0 unspecified atom stereocenters. The Hall–Kier alpha value is -1.60. The van der Waals surface area contributed by atoms with Crippen LogP contribution in [-0.2, 0) is 21.5 Å². The largest absolute Gasteiger partial charge is 0.454 e. The summed E-state index contributed by atoms with van der Waals surface area (Å²) in [5.74, 6) is 0.238. The van der Waals surface area contributed by atoms with Crippen LogP contribution in [0.5, 0.6) is 11.5 Å². The summed E-state index contributed by atoms with van der Waals surface area (Å²) in [6.45, 7) is 1.07. The highest BCUT2D eigenvalue weighted by molar-refractivity contribution is 5.56. The Bertz CT molecular complexity index is 734. The average Bonchev–Trinajstić information content (AvgIpc) is 3.13. The van der Waals surface area contributed by atoms with Crippen molar-refractivity contribution in [3.63, 3.8) is 0 Å². The van der Waals surface area contributed by atoms with Gasteiger partial charge in [-0.05, 0) is 36.7 Å². The minimum atomic E-state index is -1.25. The zero-order chi connectivity index (χ0) is 16.5. The summed E-state index contributed by atoms with van der Waals surface area (Å²) in [7, 11) is 3.75. The summed E-state index contributed by atoms with van der Waals surface area (Å²) in [5.41, 5.74) is 1.50. The molecule has 4 aliphatic rings. The van der Waals surface area contributed by atoms with Gasteiger partial charge >= 0.3 is 0 Å². The highest BCUT2D eigenvalue weighted by atomic mass is 16.7. The quantitative estimate of drug-likeness (QED) is 0.780. The van der Waals surface area contributed by atoms with Crippen LogP contribution >= 0.6 is 0 Å². The Balaban J connectivity index is 1.74. The molecular formula is C18H21NO5. The van der Waals surface area contributed by atoms with Crippen molar-refractivity contribution < 1.29 is 24.1 Å². The van der Waals surface area contributed by atoms with Crippen LogP contribution in [-0.4, -0.2) is 55.4 Å². The lowest BCUT2D eigenvalue weighted by Crippen LogP contribution is -2.59. The van der Waals surface area contributed by atoms with Gasteiger partial charge in [-0.1, -0.05) is 12.2 Å². The molecule has 0 amide bonds. The van der Waals surface area contributed by atoms with Gasteiger partial charge in [-0.3, -0.25) is 4.90 Å². The molecule has 4 atom stereocenters. The van der Waals surface area contributed by atoms with E-state index in [4.69, 9.17) is 18.9 Å². The van der Waals surface area contributed by atoms with Crippen LogP contribution in [0.2, 0.25) is 0 Å². The monoisotopic (exact) mass is 331 g/mol. The number of hydrogen-bond acceptors (Lipinski definition) is 6. The number of fused-ring (bicyclic) bond motifs is 2. The molecule has 1 fully saturated rings. The molecule has 1 aliphatic carbocycles. The third kappa shape index (κ3) is 1.64. The molecule has 0 bridgehead atoms. The molecule has 1 N–H and O–H groups in total. The van der Waals surface area contributed by atoms with E-state index in [0.29, 0.717) is 13.2 Å². The molecular weight excluding hydrogens is 310 g/mol. The van der Waals surface area contributed by atoms with Crippen molar-refractivity contribution in [3.8, 4) is 11.5 Å². The molecule has 3 heterocycles. The predicted octanol–water partition coefficient (Wildman–Crippen LogP) is 1.16. The summed E-state index contributed by atoms with van der Waals surface area (Å²) >= 11 is 0. The fourth-order valence-electron chi connectivity index (χ4n) is 4.86. The Morgan fingerprint density at radius 1 is 1.29 bits per heavy atom. The number of rotatable bonds is 1. The highest BCUT2D eigenvalue weighted by Crippen LogP contribution is 2.56. The molecule has 5 rings (SSSR count). The molecule has 1 aromatic rings. The molecule has 1 aromatic carbocycles. The minimum Gasteiger partial charge on any atom is -0.454 e. The van der Waals surface area contributed by atoms with Crippen LogP contribution in [0, 0.1) is 0 Å². The van der Waals surface area contributed by atoms with Gasteiger partial charge in [0.25, 0.3) is 0 Å². The summed E-state index contributed by atoms with van der Waals surface area (Å²) in [4.78, 5) is 2.18. The van der Waals surface area contributed by atoms with Gasteiger partial charge in [0.15, 0.2) is 17.3 Å². The van der Waals surface area contributed by atoms with Crippen molar-refractivity contribution in [1.82, 2.24) is 4.90 Å². The number of benzene rings is 1. The van der Waals surface area contributed by atoms with E-state index in [1.165, 1.54) is 0 Å². The average molecular weight is 331 g/mol. The van der Waals surface area contributed by atoms with Crippen LogP contribution in [0.25, 0.3) is 0 Å². The summed E-state index contributed by atoms with van der Waals surface area (Å²) in [6.07, 6.45) is 4.98. The maximum atomic E-state index is 11.4. The van der Waals surface area contributed by atoms with E-state index in [1.807, 2.05) is 25.3 Å².